The Balaban J connectivity index is 2.41. The third-order valence-electron chi connectivity index (χ3n) is 2.98. The van der Waals surface area contributed by atoms with E-state index in [0.29, 0.717) is 23.1 Å². The van der Waals surface area contributed by atoms with Gasteiger partial charge < -0.3 is 10.1 Å². The minimum absolute atomic E-state index is 0.143. The third kappa shape index (κ3) is 2.85. The van der Waals surface area contributed by atoms with Crippen LogP contribution in [-0.2, 0) is 4.74 Å². The molecule has 102 valence electrons. The van der Waals surface area contributed by atoms with Gasteiger partial charge >= 0.3 is 0 Å². The molecule has 0 saturated heterocycles. The molecule has 19 heavy (non-hydrogen) atoms. The monoisotopic (exact) mass is 263 g/mol. The zero-order valence-electron chi connectivity index (χ0n) is 10.9. The first-order valence-corrected chi connectivity index (χ1v) is 6.12. The average Bonchev–Trinajstić information content (AvgIpc) is 2.41. The molecule has 0 aliphatic carbocycles. The van der Waals surface area contributed by atoms with Crippen LogP contribution in [0.25, 0.3) is 10.8 Å². The standard InChI is InChI=1S/C13H17N3O3/c1-8(6-7-19-2)14-10-5-3-4-9-11(10)13(18)16-15-12(9)17/h3-5,8,14H,6-7H2,1-2H3,(H,15,17)(H,16,18). The van der Waals surface area contributed by atoms with Crippen molar-refractivity contribution in [3.63, 3.8) is 0 Å². The van der Waals surface area contributed by atoms with Crippen LogP contribution >= 0.6 is 0 Å². The van der Waals surface area contributed by atoms with E-state index in [1.54, 1.807) is 25.3 Å². The Kier molecular flexibility index (Phi) is 4.01. The summed E-state index contributed by atoms with van der Waals surface area (Å²) in [5, 5.41) is 8.66. The Labute approximate surface area is 109 Å². The van der Waals surface area contributed by atoms with Crippen molar-refractivity contribution in [2.24, 2.45) is 0 Å². The van der Waals surface area contributed by atoms with Gasteiger partial charge in [-0.15, -0.1) is 0 Å². The third-order valence-corrected chi connectivity index (χ3v) is 2.98. The number of benzene rings is 1. The first-order valence-electron chi connectivity index (χ1n) is 6.12. The first-order chi connectivity index (χ1) is 9.13. The quantitative estimate of drug-likeness (QED) is 0.752. The molecule has 1 heterocycles. The molecular formula is C13H17N3O3. The Morgan fingerprint density at radius 2 is 2.00 bits per heavy atom. The second-order valence-corrected chi connectivity index (χ2v) is 4.46. The molecule has 6 nitrogen and oxygen atoms in total. The molecule has 1 aromatic heterocycles. The Morgan fingerprint density at radius 3 is 2.74 bits per heavy atom. The lowest BCUT2D eigenvalue weighted by molar-refractivity contribution is 0.191. The molecule has 2 aromatic rings. The van der Waals surface area contributed by atoms with Gasteiger partial charge in [0.05, 0.1) is 10.8 Å². The van der Waals surface area contributed by atoms with Crippen molar-refractivity contribution in [1.29, 1.82) is 0 Å². The number of fused-ring (bicyclic) bond motifs is 1. The van der Waals surface area contributed by atoms with Crippen LogP contribution in [0, 0.1) is 0 Å². The molecule has 3 N–H and O–H groups in total. The summed E-state index contributed by atoms with van der Waals surface area (Å²) in [6, 6.07) is 5.32. The van der Waals surface area contributed by atoms with Crippen LogP contribution in [0.2, 0.25) is 0 Å². The van der Waals surface area contributed by atoms with Crippen LogP contribution in [0.3, 0.4) is 0 Å². The normalized spacial score (nSPS) is 12.5. The number of nitrogens with one attached hydrogen (secondary N) is 3. The number of hydrogen-bond acceptors (Lipinski definition) is 4. The van der Waals surface area contributed by atoms with Gasteiger partial charge in [-0.05, 0) is 25.5 Å². The van der Waals surface area contributed by atoms with Gasteiger partial charge in [-0.3, -0.25) is 19.8 Å². The van der Waals surface area contributed by atoms with E-state index >= 15 is 0 Å². The largest absolute Gasteiger partial charge is 0.385 e. The summed E-state index contributed by atoms with van der Waals surface area (Å²) >= 11 is 0. The number of aromatic nitrogens is 2. The van der Waals surface area contributed by atoms with E-state index in [0.717, 1.165) is 6.42 Å². The van der Waals surface area contributed by atoms with Crippen LogP contribution in [0.5, 0.6) is 0 Å². The Bertz CT molecular complexity index is 675. The number of ether oxygens (including phenoxy) is 1. The van der Waals surface area contributed by atoms with Crippen LogP contribution < -0.4 is 16.4 Å². The summed E-state index contributed by atoms with van der Waals surface area (Å²) in [4.78, 5) is 23.5. The van der Waals surface area contributed by atoms with Crippen molar-refractivity contribution in [2.75, 3.05) is 19.0 Å². The molecule has 1 unspecified atom stereocenters. The molecule has 1 aromatic carbocycles. The maximum absolute atomic E-state index is 11.9. The van der Waals surface area contributed by atoms with Crippen molar-refractivity contribution in [1.82, 2.24) is 10.2 Å². The van der Waals surface area contributed by atoms with E-state index in [1.807, 2.05) is 6.92 Å². The van der Waals surface area contributed by atoms with E-state index in [4.69, 9.17) is 4.74 Å². The van der Waals surface area contributed by atoms with Crippen molar-refractivity contribution in [3.05, 3.63) is 38.9 Å². The number of anilines is 1. The summed E-state index contributed by atoms with van der Waals surface area (Å²) in [5.74, 6) is 0. The van der Waals surface area contributed by atoms with Crippen LogP contribution in [0.15, 0.2) is 27.8 Å². The minimum atomic E-state index is -0.309. The predicted molar refractivity (Wildman–Crippen MR) is 74.8 cm³/mol. The smallest absolute Gasteiger partial charge is 0.272 e. The molecule has 0 spiro atoms. The number of hydrogen-bond donors (Lipinski definition) is 3. The Morgan fingerprint density at radius 1 is 1.26 bits per heavy atom. The lowest BCUT2D eigenvalue weighted by Gasteiger charge is -2.15. The maximum Gasteiger partial charge on any atom is 0.272 e. The molecule has 1 atom stereocenters. The zero-order valence-corrected chi connectivity index (χ0v) is 10.9. The highest BCUT2D eigenvalue weighted by Crippen LogP contribution is 2.18. The predicted octanol–water partition coefficient (Wildman–Crippen LogP) is 1.05. The molecule has 0 aliphatic rings. The van der Waals surface area contributed by atoms with E-state index in [9.17, 15) is 9.59 Å². The molecule has 0 radical (unpaired) electrons. The minimum Gasteiger partial charge on any atom is -0.385 e. The fourth-order valence-electron chi connectivity index (χ4n) is 1.98. The summed E-state index contributed by atoms with van der Waals surface area (Å²) in [6.45, 7) is 2.63. The molecule has 0 amide bonds. The van der Waals surface area contributed by atoms with Gasteiger partial charge in [0.15, 0.2) is 0 Å². The lowest BCUT2D eigenvalue weighted by Crippen LogP contribution is -2.22. The van der Waals surface area contributed by atoms with Gasteiger partial charge in [0.25, 0.3) is 11.1 Å². The summed E-state index contributed by atoms with van der Waals surface area (Å²) in [5.41, 5.74) is 0.0490. The molecule has 0 fully saturated rings. The molecular weight excluding hydrogens is 246 g/mol. The average molecular weight is 263 g/mol. The SMILES string of the molecule is COCCC(C)Nc1cccc2c(=O)[nH][nH]c(=O)c12. The number of H-pyrrole nitrogens is 2. The maximum atomic E-state index is 11.9. The molecule has 2 rings (SSSR count). The highest BCUT2D eigenvalue weighted by Gasteiger charge is 2.10. The lowest BCUT2D eigenvalue weighted by atomic mass is 10.1. The number of rotatable bonds is 5. The van der Waals surface area contributed by atoms with Gasteiger partial charge in [-0.1, -0.05) is 6.07 Å². The number of aromatic amines is 2. The Hall–Kier alpha value is -2.08. The first kappa shape index (κ1) is 13.4. The van der Waals surface area contributed by atoms with Crippen molar-refractivity contribution >= 4 is 16.5 Å². The molecule has 0 saturated carbocycles. The van der Waals surface area contributed by atoms with E-state index < -0.39 is 0 Å². The van der Waals surface area contributed by atoms with E-state index in [1.165, 1.54) is 0 Å². The van der Waals surface area contributed by atoms with E-state index in [2.05, 4.69) is 15.5 Å². The van der Waals surface area contributed by atoms with Gasteiger partial charge in [0.2, 0.25) is 0 Å². The van der Waals surface area contributed by atoms with Crippen molar-refractivity contribution in [3.8, 4) is 0 Å². The topological polar surface area (TPSA) is 87.0 Å². The van der Waals surface area contributed by atoms with Crippen LogP contribution in [-0.4, -0.2) is 30.0 Å². The highest BCUT2D eigenvalue weighted by atomic mass is 16.5. The second-order valence-electron chi connectivity index (χ2n) is 4.46. The fourth-order valence-corrected chi connectivity index (χ4v) is 1.98. The zero-order chi connectivity index (χ0) is 13.8. The van der Waals surface area contributed by atoms with Crippen LogP contribution in [0.1, 0.15) is 13.3 Å². The summed E-state index contributed by atoms with van der Waals surface area (Å²) in [6.07, 6.45) is 0.813. The van der Waals surface area contributed by atoms with Gasteiger partial charge in [0, 0.05) is 25.4 Å². The fraction of sp³-hybridized carbons (Fsp3) is 0.385. The molecule has 0 aliphatic heterocycles. The van der Waals surface area contributed by atoms with E-state index in [-0.39, 0.29) is 17.2 Å². The van der Waals surface area contributed by atoms with Crippen molar-refractivity contribution in [2.45, 2.75) is 19.4 Å². The highest BCUT2D eigenvalue weighted by molar-refractivity contribution is 5.92. The molecule has 6 heteroatoms. The van der Waals surface area contributed by atoms with Crippen molar-refractivity contribution < 1.29 is 4.74 Å². The van der Waals surface area contributed by atoms with Gasteiger partial charge in [-0.2, -0.15) is 0 Å². The second kappa shape index (κ2) is 5.71. The number of methoxy groups -OCH3 is 1. The van der Waals surface area contributed by atoms with Gasteiger partial charge in [-0.25, -0.2) is 0 Å². The molecule has 0 bridgehead atoms. The van der Waals surface area contributed by atoms with Crippen LogP contribution in [0.4, 0.5) is 5.69 Å². The summed E-state index contributed by atoms with van der Waals surface area (Å²) in [7, 11) is 1.65. The summed E-state index contributed by atoms with van der Waals surface area (Å²) < 4.78 is 5.02. The van der Waals surface area contributed by atoms with Gasteiger partial charge in [0.1, 0.15) is 0 Å².